The lowest BCUT2D eigenvalue weighted by Crippen LogP contribution is -2.53. The number of benzene rings is 3. The number of hydrogen-bond donors (Lipinski definition) is 1. The van der Waals surface area contributed by atoms with Gasteiger partial charge in [-0.2, -0.15) is 4.90 Å². The number of fused-ring (bicyclic) bond motifs is 4. The van der Waals surface area contributed by atoms with Crippen molar-refractivity contribution in [2.75, 3.05) is 19.1 Å². The molecule has 6 atom stereocenters. The van der Waals surface area contributed by atoms with Gasteiger partial charge in [-0.15, -0.1) is 0 Å². The molecule has 3 aromatic rings. The Labute approximate surface area is 283 Å². The van der Waals surface area contributed by atoms with Crippen LogP contribution in [0.5, 0.6) is 11.5 Å². The zero-order valence-electron chi connectivity index (χ0n) is 25.2. The summed E-state index contributed by atoms with van der Waals surface area (Å²) in [7, 11) is 2.51. The minimum atomic E-state index is -1.51. The second-order valence-electron chi connectivity index (χ2n) is 12.1. The molecule has 0 spiro atoms. The number of likely N-dealkylation sites (tertiary alicyclic amines) is 1. The number of halogens is 2. The predicted octanol–water partition coefficient (Wildman–Crippen LogP) is 5.75. The summed E-state index contributed by atoms with van der Waals surface area (Å²) in [6.45, 7) is 0. The first kappa shape index (κ1) is 31.1. The third-order valence-electron chi connectivity index (χ3n) is 10.1. The molecule has 2 aliphatic heterocycles. The standard InChI is InChI=1S/C35H28BrClN2O8/c1-46-26-14-17(13-25(36)29(26)40)28-21-11-12-22-27(32(43)39(30(22)41)34(45)47-2)23(21)16-24-31(42)38(20-10-6-9-19(37)15-20)33(44)35(24,28)18-7-4-3-5-8-18/h3-11,13-15,22-24,27-28,40H,12,16H2,1-2H3/t22-,23+,24-,27-,28-,35+/m0/s1. The van der Waals surface area contributed by atoms with E-state index in [0.717, 1.165) is 7.11 Å². The Morgan fingerprint density at radius 1 is 0.957 bits per heavy atom. The van der Waals surface area contributed by atoms with E-state index in [1.807, 2.05) is 24.3 Å². The van der Waals surface area contributed by atoms with E-state index in [-0.39, 0.29) is 24.3 Å². The molecule has 2 saturated heterocycles. The van der Waals surface area contributed by atoms with E-state index in [9.17, 15) is 24.3 Å². The van der Waals surface area contributed by atoms with Gasteiger partial charge in [0.15, 0.2) is 11.5 Å². The monoisotopic (exact) mass is 718 g/mol. The Morgan fingerprint density at radius 2 is 1.70 bits per heavy atom. The first-order valence-electron chi connectivity index (χ1n) is 15.0. The molecule has 5 amide bonds. The van der Waals surface area contributed by atoms with Gasteiger partial charge in [-0.25, -0.2) is 9.69 Å². The lowest BCUT2D eigenvalue weighted by atomic mass is 9.49. The maximum atomic E-state index is 15.2. The van der Waals surface area contributed by atoms with Crippen LogP contribution in [0, 0.1) is 23.7 Å². The molecule has 3 aromatic carbocycles. The zero-order valence-corrected chi connectivity index (χ0v) is 27.5. The van der Waals surface area contributed by atoms with Gasteiger partial charge < -0.3 is 14.6 Å². The van der Waals surface area contributed by atoms with E-state index in [0.29, 0.717) is 36.8 Å². The average Bonchev–Trinajstić information content (AvgIpc) is 3.46. The Hall–Kier alpha value is -4.48. The number of aromatic hydroxyl groups is 1. The average molecular weight is 720 g/mol. The van der Waals surface area contributed by atoms with Gasteiger partial charge in [0.1, 0.15) is 0 Å². The van der Waals surface area contributed by atoms with E-state index in [1.54, 1.807) is 48.5 Å². The van der Waals surface area contributed by atoms with Gasteiger partial charge in [0.25, 0.3) is 0 Å². The van der Waals surface area contributed by atoms with Crippen LogP contribution in [0.25, 0.3) is 0 Å². The smallest absolute Gasteiger partial charge is 0.423 e. The van der Waals surface area contributed by atoms with Crippen LogP contribution in [-0.2, 0) is 29.3 Å². The number of amides is 5. The summed E-state index contributed by atoms with van der Waals surface area (Å²) in [5.41, 5.74) is 0.621. The molecule has 0 unspecified atom stereocenters. The van der Waals surface area contributed by atoms with Gasteiger partial charge in [0, 0.05) is 10.9 Å². The maximum absolute atomic E-state index is 15.2. The first-order valence-corrected chi connectivity index (χ1v) is 16.1. The van der Waals surface area contributed by atoms with Crippen LogP contribution in [0.2, 0.25) is 5.02 Å². The molecule has 10 nitrogen and oxygen atoms in total. The van der Waals surface area contributed by atoms with Crippen molar-refractivity contribution in [1.82, 2.24) is 4.90 Å². The molecule has 0 bridgehead atoms. The van der Waals surface area contributed by atoms with Crippen molar-refractivity contribution in [3.8, 4) is 11.5 Å². The van der Waals surface area contributed by atoms with E-state index in [1.165, 1.54) is 12.0 Å². The summed E-state index contributed by atoms with van der Waals surface area (Å²) >= 11 is 9.78. The van der Waals surface area contributed by atoms with Crippen molar-refractivity contribution >= 4 is 62.9 Å². The molecule has 0 aromatic heterocycles. The molecular formula is C35H28BrClN2O8. The van der Waals surface area contributed by atoms with Crippen molar-refractivity contribution < 1.29 is 38.6 Å². The largest absolute Gasteiger partial charge is 0.503 e. The van der Waals surface area contributed by atoms with Crippen molar-refractivity contribution in [2.45, 2.75) is 24.2 Å². The number of hydrogen-bond acceptors (Lipinski definition) is 8. The van der Waals surface area contributed by atoms with E-state index in [4.69, 9.17) is 21.1 Å². The van der Waals surface area contributed by atoms with Gasteiger partial charge >= 0.3 is 6.09 Å². The number of allylic oxidation sites excluding steroid dienone is 2. The Balaban J connectivity index is 1.52. The number of phenolic OH excluding ortho intramolecular Hbond substituents is 1. The highest BCUT2D eigenvalue weighted by molar-refractivity contribution is 9.10. The van der Waals surface area contributed by atoms with Crippen molar-refractivity contribution in [3.63, 3.8) is 0 Å². The lowest BCUT2D eigenvalue weighted by molar-refractivity contribution is -0.138. The predicted molar refractivity (Wildman–Crippen MR) is 173 cm³/mol. The molecular weight excluding hydrogens is 692 g/mol. The molecule has 2 aliphatic carbocycles. The second-order valence-corrected chi connectivity index (χ2v) is 13.4. The summed E-state index contributed by atoms with van der Waals surface area (Å²) in [4.78, 5) is 71.6. The number of phenols is 1. The quantitative estimate of drug-likeness (QED) is 0.267. The molecule has 1 N–H and O–H groups in total. The second kappa shape index (κ2) is 11.3. The number of carbonyl (C=O) groups excluding carboxylic acids is 5. The molecule has 240 valence electrons. The van der Waals surface area contributed by atoms with Crippen LogP contribution in [0.3, 0.4) is 0 Å². The number of methoxy groups -OCH3 is 2. The molecule has 3 fully saturated rings. The Morgan fingerprint density at radius 3 is 2.38 bits per heavy atom. The van der Waals surface area contributed by atoms with E-state index < -0.39 is 64.7 Å². The minimum absolute atomic E-state index is 0.0600. The van der Waals surface area contributed by atoms with Crippen LogP contribution in [0.4, 0.5) is 10.5 Å². The number of carbonyl (C=O) groups is 5. The summed E-state index contributed by atoms with van der Waals surface area (Å²) in [5, 5.41) is 11.1. The highest BCUT2D eigenvalue weighted by Gasteiger charge is 2.70. The Kier molecular flexibility index (Phi) is 7.52. The van der Waals surface area contributed by atoms with Crippen LogP contribution < -0.4 is 9.64 Å². The molecule has 2 heterocycles. The number of anilines is 1. The molecule has 12 heteroatoms. The maximum Gasteiger partial charge on any atom is 0.423 e. The van der Waals surface area contributed by atoms with Crippen molar-refractivity contribution in [3.05, 3.63) is 99.0 Å². The highest BCUT2D eigenvalue weighted by atomic mass is 79.9. The third-order valence-corrected chi connectivity index (χ3v) is 11.0. The Bertz CT molecular complexity index is 1910. The molecule has 0 radical (unpaired) electrons. The summed E-state index contributed by atoms with van der Waals surface area (Å²) in [5.74, 6) is -6.61. The summed E-state index contributed by atoms with van der Waals surface area (Å²) in [6.07, 6.45) is 1.01. The number of nitrogens with zero attached hydrogens (tertiary/aromatic N) is 2. The summed E-state index contributed by atoms with van der Waals surface area (Å²) in [6, 6.07) is 18.9. The molecule has 4 aliphatic rings. The zero-order chi connectivity index (χ0) is 33.4. The minimum Gasteiger partial charge on any atom is -0.503 e. The number of imide groups is 4. The van der Waals surface area contributed by atoms with Crippen LogP contribution in [0.15, 0.2) is 82.9 Å². The van der Waals surface area contributed by atoms with Gasteiger partial charge in [0.2, 0.25) is 23.6 Å². The van der Waals surface area contributed by atoms with Gasteiger partial charge in [-0.05, 0) is 76.1 Å². The molecule has 1 saturated carbocycles. The summed E-state index contributed by atoms with van der Waals surface area (Å²) < 4.78 is 10.6. The van der Waals surface area contributed by atoms with E-state index >= 15 is 4.79 Å². The van der Waals surface area contributed by atoms with Crippen LogP contribution in [-0.4, -0.2) is 53.9 Å². The number of ether oxygens (including phenoxy) is 2. The van der Waals surface area contributed by atoms with Gasteiger partial charge in [-0.3, -0.25) is 19.2 Å². The molecule has 7 rings (SSSR count). The van der Waals surface area contributed by atoms with Gasteiger partial charge in [0.05, 0.1) is 47.5 Å². The van der Waals surface area contributed by atoms with Crippen molar-refractivity contribution in [2.24, 2.45) is 23.7 Å². The molecule has 47 heavy (non-hydrogen) atoms. The first-order chi connectivity index (χ1) is 22.6. The fourth-order valence-corrected chi connectivity index (χ4v) is 8.95. The van der Waals surface area contributed by atoms with E-state index in [2.05, 4.69) is 15.9 Å². The van der Waals surface area contributed by atoms with Gasteiger partial charge in [-0.1, -0.05) is 59.6 Å². The highest BCUT2D eigenvalue weighted by Crippen LogP contribution is 2.65. The SMILES string of the molecule is COC(=O)N1C(=O)[C@H]2[C@H](CC=C3[C@H]2C[C@H]2C(=O)N(c4cccc(Cl)c4)C(=O)[C@@]2(c2ccccc2)[C@H]3c2cc(Br)c(O)c(OC)c2)C1=O. The fourth-order valence-electron chi connectivity index (χ4n) is 8.31. The van der Waals surface area contributed by atoms with Crippen molar-refractivity contribution in [1.29, 1.82) is 0 Å². The lowest BCUT2D eigenvalue weighted by Gasteiger charge is -2.50. The van der Waals surface area contributed by atoms with Crippen LogP contribution >= 0.6 is 27.5 Å². The topological polar surface area (TPSA) is 131 Å². The fraction of sp³-hybridized carbons (Fsp3) is 0.286. The van der Waals surface area contributed by atoms with Crippen LogP contribution in [0.1, 0.15) is 29.9 Å². The normalized spacial score (nSPS) is 28.1. The number of rotatable bonds is 4. The third kappa shape index (κ3) is 4.32.